The number of carbonyl (C=O) groups excluding carboxylic acids is 1. The summed E-state index contributed by atoms with van der Waals surface area (Å²) in [5, 5.41) is 9.06. The van der Waals surface area contributed by atoms with Gasteiger partial charge in [0.15, 0.2) is 0 Å². The van der Waals surface area contributed by atoms with Crippen molar-refractivity contribution >= 4 is 17.6 Å². The Morgan fingerprint density at radius 3 is 2.24 bits per heavy atom. The van der Waals surface area contributed by atoms with E-state index in [1.54, 1.807) is 24.3 Å². The Kier molecular flexibility index (Phi) is 5.90. The van der Waals surface area contributed by atoms with Gasteiger partial charge in [-0.2, -0.15) is 0 Å². The summed E-state index contributed by atoms with van der Waals surface area (Å²) in [6, 6.07) is 8.83. The van der Waals surface area contributed by atoms with Crippen molar-refractivity contribution in [3.63, 3.8) is 0 Å². The highest BCUT2D eigenvalue weighted by Crippen LogP contribution is 2.26. The number of nitrogens with zero attached hydrogens (tertiary/aromatic N) is 1. The molecule has 1 aromatic rings. The predicted octanol–water partition coefficient (Wildman–Crippen LogP) is 2.12. The highest BCUT2D eigenvalue weighted by Gasteiger charge is 2.29. The van der Waals surface area contributed by atoms with E-state index in [-0.39, 0.29) is 30.3 Å². The number of nitrogens with two attached hydrogens (primary N) is 1. The van der Waals surface area contributed by atoms with Crippen LogP contribution >= 0.6 is 0 Å². The molecular formula is C16H24N2O3. The zero-order valence-electron chi connectivity index (χ0n) is 12.9. The summed E-state index contributed by atoms with van der Waals surface area (Å²) in [7, 11) is 0. The van der Waals surface area contributed by atoms with Crippen LogP contribution < -0.4 is 10.6 Å². The van der Waals surface area contributed by atoms with Crippen molar-refractivity contribution in [2.24, 2.45) is 17.1 Å². The van der Waals surface area contributed by atoms with Gasteiger partial charge in [0.25, 0.3) is 0 Å². The fourth-order valence-corrected chi connectivity index (χ4v) is 2.27. The summed E-state index contributed by atoms with van der Waals surface area (Å²) in [4.78, 5) is 25.0. The topological polar surface area (TPSA) is 83.6 Å². The molecule has 21 heavy (non-hydrogen) atoms. The van der Waals surface area contributed by atoms with Crippen molar-refractivity contribution in [2.45, 2.75) is 27.2 Å². The van der Waals surface area contributed by atoms with Crippen LogP contribution in [0.25, 0.3) is 0 Å². The third-order valence-corrected chi connectivity index (χ3v) is 3.12. The Hall–Kier alpha value is -1.88. The van der Waals surface area contributed by atoms with Crippen molar-refractivity contribution in [1.82, 2.24) is 0 Å². The molecule has 0 aliphatic heterocycles. The van der Waals surface area contributed by atoms with Crippen LogP contribution in [0.4, 0.5) is 5.69 Å². The Bertz CT molecular complexity index is 480. The number of aliphatic carboxylic acids is 1. The first-order chi connectivity index (χ1) is 9.74. The van der Waals surface area contributed by atoms with Gasteiger partial charge in [0.05, 0.1) is 5.92 Å². The highest BCUT2D eigenvalue weighted by atomic mass is 16.4. The molecule has 0 spiro atoms. The first-order valence-corrected chi connectivity index (χ1v) is 7.03. The largest absolute Gasteiger partial charge is 0.480 e. The van der Waals surface area contributed by atoms with Crippen molar-refractivity contribution in [2.75, 3.05) is 18.0 Å². The molecule has 3 N–H and O–H groups in total. The summed E-state index contributed by atoms with van der Waals surface area (Å²) < 4.78 is 0. The SMILES string of the molecule is CC(C)(C)CC(CN)C(=O)N(CC(=O)O)c1ccccc1. The lowest BCUT2D eigenvalue weighted by Crippen LogP contribution is -2.43. The minimum atomic E-state index is -1.04. The number of anilines is 1. The third-order valence-electron chi connectivity index (χ3n) is 3.12. The summed E-state index contributed by atoms with van der Waals surface area (Å²) in [6.07, 6.45) is 0.616. The minimum absolute atomic E-state index is 0.0503. The van der Waals surface area contributed by atoms with E-state index in [0.29, 0.717) is 12.1 Å². The third kappa shape index (κ3) is 5.55. The maximum atomic E-state index is 12.7. The molecule has 1 amide bonds. The van der Waals surface area contributed by atoms with Crippen LogP contribution in [0.2, 0.25) is 0 Å². The summed E-state index contributed by atoms with van der Waals surface area (Å²) in [5.41, 5.74) is 6.26. The number of hydrogen-bond donors (Lipinski definition) is 2. The molecule has 0 radical (unpaired) electrons. The van der Waals surface area contributed by atoms with Gasteiger partial charge in [0.1, 0.15) is 6.54 Å². The molecule has 0 saturated carbocycles. The molecule has 116 valence electrons. The van der Waals surface area contributed by atoms with Crippen LogP contribution in [-0.4, -0.2) is 30.1 Å². The highest BCUT2D eigenvalue weighted by molar-refractivity contribution is 5.98. The van der Waals surface area contributed by atoms with Crippen LogP contribution in [0.1, 0.15) is 27.2 Å². The van der Waals surface area contributed by atoms with Crippen LogP contribution in [-0.2, 0) is 9.59 Å². The maximum Gasteiger partial charge on any atom is 0.323 e. The summed E-state index contributed by atoms with van der Waals surface area (Å²) >= 11 is 0. The van der Waals surface area contributed by atoms with Crippen molar-refractivity contribution in [3.05, 3.63) is 30.3 Å². The first-order valence-electron chi connectivity index (χ1n) is 7.03. The van der Waals surface area contributed by atoms with Gasteiger partial charge in [-0.05, 0) is 24.0 Å². The van der Waals surface area contributed by atoms with Crippen molar-refractivity contribution < 1.29 is 14.7 Å². The fourth-order valence-electron chi connectivity index (χ4n) is 2.27. The molecule has 1 aromatic carbocycles. The molecule has 0 aliphatic rings. The smallest absolute Gasteiger partial charge is 0.323 e. The van der Waals surface area contributed by atoms with Crippen LogP contribution in [0.15, 0.2) is 30.3 Å². The van der Waals surface area contributed by atoms with Crippen molar-refractivity contribution in [1.29, 1.82) is 0 Å². The zero-order valence-corrected chi connectivity index (χ0v) is 12.9. The molecule has 5 heteroatoms. The molecule has 0 saturated heterocycles. The molecule has 0 bridgehead atoms. The van der Waals surface area contributed by atoms with E-state index in [4.69, 9.17) is 10.8 Å². The minimum Gasteiger partial charge on any atom is -0.480 e. The number of carboxylic acids is 1. The molecule has 1 rings (SSSR count). The number of hydrogen-bond acceptors (Lipinski definition) is 3. The van der Waals surface area contributed by atoms with Crippen LogP contribution in [0.5, 0.6) is 0 Å². The quantitative estimate of drug-likeness (QED) is 0.841. The number of carboxylic acid groups (broad SMARTS) is 1. The molecule has 1 unspecified atom stereocenters. The van der Waals surface area contributed by atoms with Gasteiger partial charge in [0, 0.05) is 12.2 Å². The Labute approximate surface area is 125 Å². The Morgan fingerprint density at radius 2 is 1.81 bits per heavy atom. The summed E-state index contributed by atoms with van der Waals surface area (Å²) in [5.74, 6) is -1.66. The molecule has 0 heterocycles. The lowest BCUT2D eigenvalue weighted by molar-refractivity contribution is -0.137. The van der Waals surface area contributed by atoms with Gasteiger partial charge in [-0.3, -0.25) is 9.59 Å². The van der Waals surface area contributed by atoms with Gasteiger partial charge in [-0.15, -0.1) is 0 Å². The van der Waals surface area contributed by atoms with Gasteiger partial charge in [-0.1, -0.05) is 39.0 Å². The number of amides is 1. The average molecular weight is 292 g/mol. The molecule has 5 nitrogen and oxygen atoms in total. The average Bonchev–Trinajstić information content (AvgIpc) is 2.41. The second-order valence-corrected chi connectivity index (χ2v) is 6.35. The maximum absolute atomic E-state index is 12.7. The summed E-state index contributed by atoms with van der Waals surface area (Å²) in [6.45, 7) is 5.95. The monoisotopic (exact) mass is 292 g/mol. The first kappa shape index (κ1) is 17.2. The van der Waals surface area contributed by atoms with Crippen LogP contribution in [0.3, 0.4) is 0 Å². The lowest BCUT2D eigenvalue weighted by atomic mass is 9.84. The second kappa shape index (κ2) is 7.22. The van der Waals surface area contributed by atoms with E-state index in [1.165, 1.54) is 4.90 Å². The number of benzene rings is 1. The van der Waals surface area contributed by atoms with E-state index in [0.717, 1.165) is 0 Å². The van der Waals surface area contributed by atoms with E-state index in [2.05, 4.69) is 0 Å². The predicted molar refractivity (Wildman–Crippen MR) is 83.0 cm³/mol. The van der Waals surface area contributed by atoms with E-state index in [9.17, 15) is 9.59 Å². The molecule has 0 aromatic heterocycles. The molecule has 0 aliphatic carbocycles. The molecular weight excluding hydrogens is 268 g/mol. The fraction of sp³-hybridized carbons (Fsp3) is 0.500. The van der Waals surface area contributed by atoms with Gasteiger partial charge in [0.2, 0.25) is 5.91 Å². The number of rotatable bonds is 6. The second-order valence-electron chi connectivity index (χ2n) is 6.35. The lowest BCUT2D eigenvalue weighted by Gasteiger charge is -2.29. The molecule has 1 atom stereocenters. The number of para-hydroxylation sites is 1. The van der Waals surface area contributed by atoms with Gasteiger partial charge in [-0.25, -0.2) is 0 Å². The Morgan fingerprint density at radius 1 is 1.24 bits per heavy atom. The Balaban J connectivity index is 3.02. The zero-order chi connectivity index (χ0) is 16.0. The van der Waals surface area contributed by atoms with Crippen molar-refractivity contribution in [3.8, 4) is 0 Å². The van der Waals surface area contributed by atoms with Crippen LogP contribution in [0, 0.1) is 11.3 Å². The normalized spacial score (nSPS) is 12.8. The van der Waals surface area contributed by atoms with E-state index in [1.807, 2.05) is 26.8 Å². The van der Waals surface area contributed by atoms with E-state index >= 15 is 0 Å². The standard InChI is InChI=1S/C16H24N2O3/c1-16(2,3)9-12(10-17)15(21)18(11-14(19)20)13-7-5-4-6-8-13/h4-8,12H,9-11,17H2,1-3H3,(H,19,20). The number of carbonyl (C=O) groups is 2. The van der Waals surface area contributed by atoms with Gasteiger partial charge < -0.3 is 15.7 Å². The van der Waals surface area contributed by atoms with Gasteiger partial charge >= 0.3 is 5.97 Å². The van der Waals surface area contributed by atoms with E-state index < -0.39 is 5.97 Å². The molecule has 0 fully saturated rings.